The van der Waals surface area contributed by atoms with Gasteiger partial charge < -0.3 is 18.9 Å². The minimum atomic E-state index is -4.79. The number of benzene rings is 3. The summed E-state index contributed by atoms with van der Waals surface area (Å²) in [7, 11) is -4.79. The second-order valence-corrected chi connectivity index (χ2v) is 16.1. The van der Waals surface area contributed by atoms with Crippen molar-refractivity contribution in [2.45, 2.75) is 66.0 Å². The van der Waals surface area contributed by atoms with Gasteiger partial charge in [0.15, 0.2) is 5.69 Å². The average molecular weight is 763 g/mol. The number of nitrogens with one attached hydrogen (secondary N) is 1. The number of thiazole rings is 1. The molecule has 0 bridgehead atoms. The van der Waals surface area contributed by atoms with E-state index in [4.69, 9.17) is 18.9 Å². The van der Waals surface area contributed by atoms with Crippen LogP contribution in [0.1, 0.15) is 63.2 Å². The Morgan fingerprint density at radius 2 is 1.28 bits per heavy atom. The molecule has 0 radical (unpaired) electrons. The number of imide groups is 1. The van der Waals surface area contributed by atoms with Gasteiger partial charge in [-0.15, -0.1) is 0 Å². The van der Waals surface area contributed by atoms with Crippen LogP contribution in [-0.2, 0) is 42.4 Å². The van der Waals surface area contributed by atoms with E-state index < -0.39 is 51.4 Å². The number of nitrogens with zero attached hydrogens (tertiary/aromatic N) is 3. The summed E-state index contributed by atoms with van der Waals surface area (Å²) in [5.74, 6) is -1.03. The Hall–Kier alpha value is -5.74. The highest BCUT2D eigenvalue weighted by molar-refractivity contribution is 7.88. The number of para-hydroxylation sites is 1. The number of hydrogen-bond donors (Lipinski definition) is 1. The minimum absolute atomic E-state index is 0.0645. The molecule has 0 aliphatic carbocycles. The Balaban J connectivity index is 1.57. The molecule has 0 aliphatic heterocycles. The van der Waals surface area contributed by atoms with Crippen LogP contribution in [0.25, 0.3) is 21.3 Å². The maximum Gasteiger partial charge on any atom is 0.426 e. The Morgan fingerprint density at radius 3 is 1.83 bits per heavy atom. The number of aromatic nitrogens is 2. The summed E-state index contributed by atoms with van der Waals surface area (Å²) in [4.78, 5) is 58.5. The number of carbonyl (C=O) groups is 4. The lowest BCUT2D eigenvalue weighted by Gasteiger charge is -2.27. The zero-order valence-corrected chi connectivity index (χ0v) is 31.4. The van der Waals surface area contributed by atoms with Gasteiger partial charge in [-0.05, 0) is 64.8 Å². The zero-order valence-electron chi connectivity index (χ0n) is 29.8. The molecule has 5 rings (SSSR count). The first-order chi connectivity index (χ1) is 24.9. The molecule has 16 heteroatoms. The zero-order chi connectivity index (χ0) is 38.6. The molecule has 0 aliphatic rings. The highest BCUT2D eigenvalue weighted by Gasteiger charge is 2.36. The van der Waals surface area contributed by atoms with Gasteiger partial charge in [0.2, 0.25) is 5.13 Å². The first kappa shape index (κ1) is 38.5. The van der Waals surface area contributed by atoms with Gasteiger partial charge >= 0.3 is 34.5 Å². The summed E-state index contributed by atoms with van der Waals surface area (Å²) in [5, 5.41) is -0.0981. The largest absolute Gasteiger partial charge is 0.456 e. The van der Waals surface area contributed by atoms with Crippen molar-refractivity contribution in [1.29, 1.82) is 0 Å². The lowest BCUT2D eigenvalue weighted by Crippen LogP contribution is -2.43. The van der Waals surface area contributed by atoms with Crippen LogP contribution in [0.2, 0.25) is 0 Å². The van der Waals surface area contributed by atoms with Gasteiger partial charge in [-0.25, -0.2) is 32.9 Å². The molecule has 3 amide bonds. The third-order valence-corrected chi connectivity index (χ3v) is 9.24. The van der Waals surface area contributed by atoms with Crippen molar-refractivity contribution >= 4 is 61.1 Å². The summed E-state index contributed by atoms with van der Waals surface area (Å²) < 4.78 is 51.9. The Labute approximate surface area is 310 Å². The van der Waals surface area contributed by atoms with Gasteiger partial charge in [0.25, 0.3) is 0 Å². The lowest BCUT2D eigenvalue weighted by atomic mass is 10.0. The second kappa shape index (κ2) is 15.5. The van der Waals surface area contributed by atoms with Crippen LogP contribution in [-0.4, -0.2) is 52.8 Å². The first-order valence-electron chi connectivity index (χ1n) is 16.2. The number of fused-ring (bicyclic) bond motifs is 1. The standard InChI is InChI=1S/C37H38N4O10S2/c1-36(2,3)50-34(44)41(35(45)51-37(4,5)6)32-38-29-26(18-13-19-28(29)52-32)27-20-21-40(30(27)31(42)48-22-24-14-9-7-10-15-24)53(46,47)39-33(43)49-23-25-16-11-8-12-17-25/h7-21H,22-23H2,1-6H3,(H,39,43). The molecule has 2 heterocycles. The predicted molar refractivity (Wildman–Crippen MR) is 198 cm³/mol. The molecule has 3 aromatic carbocycles. The van der Waals surface area contributed by atoms with Crippen molar-refractivity contribution in [2.75, 3.05) is 4.90 Å². The second-order valence-electron chi connectivity index (χ2n) is 13.5. The highest BCUT2D eigenvalue weighted by Crippen LogP contribution is 2.38. The molecule has 278 valence electrons. The number of hydrogen-bond acceptors (Lipinski definition) is 12. The maximum atomic E-state index is 13.8. The molecular formula is C37H38N4O10S2. The van der Waals surface area contributed by atoms with Crippen molar-refractivity contribution in [3.05, 3.63) is 108 Å². The van der Waals surface area contributed by atoms with E-state index in [9.17, 15) is 27.6 Å². The van der Waals surface area contributed by atoms with Crippen LogP contribution in [0.5, 0.6) is 0 Å². The smallest absolute Gasteiger partial charge is 0.426 e. The van der Waals surface area contributed by atoms with Crippen LogP contribution in [0.4, 0.5) is 19.5 Å². The van der Waals surface area contributed by atoms with Gasteiger partial charge in [0.05, 0.1) is 10.2 Å². The fourth-order valence-corrected chi connectivity index (χ4v) is 6.80. The van der Waals surface area contributed by atoms with E-state index in [-0.39, 0.29) is 35.0 Å². The van der Waals surface area contributed by atoms with E-state index in [1.807, 2.05) is 4.72 Å². The summed E-state index contributed by atoms with van der Waals surface area (Å²) in [6.45, 7) is 9.46. The van der Waals surface area contributed by atoms with Crippen LogP contribution in [0.3, 0.4) is 0 Å². The molecular weight excluding hydrogens is 725 g/mol. The Kier molecular flexibility index (Phi) is 11.2. The van der Waals surface area contributed by atoms with Crippen molar-refractivity contribution in [3.8, 4) is 11.1 Å². The molecule has 0 spiro atoms. The number of carbonyl (C=O) groups excluding carboxylic acids is 4. The molecule has 14 nitrogen and oxygen atoms in total. The van der Waals surface area contributed by atoms with Gasteiger partial charge in [0, 0.05) is 17.3 Å². The van der Waals surface area contributed by atoms with Crippen molar-refractivity contribution < 1.29 is 46.5 Å². The quantitative estimate of drug-likeness (QED) is 0.115. The van der Waals surface area contributed by atoms with Gasteiger partial charge in [-0.2, -0.15) is 13.3 Å². The lowest BCUT2D eigenvalue weighted by molar-refractivity contribution is 0.0426. The number of ether oxygens (including phenoxy) is 4. The Morgan fingerprint density at radius 1 is 0.736 bits per heavy atom. The molecule has 5 aromatic rings. The Bertz CT molecular complexity index is 2210. The van der Waals surface area contributed by atoms with Crippen LogP contribution in [0.15, 0.2) is 91.1 Å². The molecule has 0 saturated carbocycles. The summed E-state index contributed by atoms with van der Waals surface area (Å²) >= 11 is 0.967. The molecule has 0 saturated heterocycles. The summed E-state index contributed by atoms with van der Waals surface area (Å²) in [5.41, 5.74) is -0.590. The fourth-order valence-electron chi connectivity index (χ4n) is 4.83. The van der Waals surface area contributed by atoms with Crippen LogP contribution >= 0.6 is 11.3 Å². The molecule has 2 aromatic heterocycles. The topological polar surface area (TPSA) is 172 Å². The third kappa shape index (κ3) is 9.78. The normalized spacial score (nSPS) is 11.8. The maximum absolute atomic E-state index is 13.8. The van der Waals surface area contributed by atoms with E-state index >= 15 is 0 Å². The SMILES string of the molecule is CC(C)(C)OC(=O)N(C(=O)OC(C)(C)C)c1nc2c(-c3ccn(S(=O)(=O)NC(=O)OCc4ccccc4)c3C(=O)OCc3ccccc3)cccc2s1. The summed E-state index contributed by atoms with van der Waals surface area (Å²) in [6, 6.07) is 23.6. The van der Waals surface area contributed by atoms with Crippen molar-refractivity contribution in [2.24, 2.45) is 0 Å². The fraction of sp³-hybridized carbons (Fsp3) is 0.270. The number of anilines is 1. The monoisotopic (exact) mass is 762 g/mol. The van der Waals surface area contributed by atoms with Gasteiger partial charge in [-0.3, -0.25) is 0 Å². The van der Waals surface area contributed by atoms with E-state index in [2.05, 4.69) is 4.98 Å². The van der Waals surface area contributed by atoms with E-state index in [1.54, 1.807) is 120 Å². The molecule has 1 N–H and O–H groups in total. The summed E-state index contributed by atoms with van der Waals surface area (Å²) in [6.07, 6.45) is -2.25. The molecule has 0 unspecified atom stereocenters. The highest BCUT2D eigenvalue weighted by atomic mass is 32.2. The number of rotatable bonds is 9. The molecule has 53 heavy (non-hydrogen) atoms. The van der Waals surface area contributed by atoms with Gasteiger partial charge in [-0.1, -0.05) is 84.1 Å². The first-order valence-corrected chi connectivity index (χ1v) is 18.5. The number of esters is 1. The van der Waals surface area contributed by atoms with Crippen LogP contribution < -0.4 is 9.62 Å². The average Bonchev–Trinajstić information content (AvgIpc) is 3.71. The number of amides is 3. The van der Waals surface area contributed by atoms with E-state index in [1.165, 1.54) is 6.07 Å². The minimum Gasteiger partial charge on any atom is -0.456 e. The van der Waals surface area contributed by atoms with Gasteiger partial charge in [0.1, 0.15) is 24.4 Å². The predicted octanol–water partition coefficient (Wildman–Crippen LogP) is 7.82. The van der Waals surface area contributed by atoms with Crippen molar-refractivity contribution in [1.82, 2.24) is 13.7 Å². The van der Waals surface area contributed by atoms with Crippen molar-refractivity contribution in [3.63, 3.8) is 0 Å². The molecule has 0 fully saturated rings. The van der Waals surface area contributed by atoms with Crippen LogP contribution in [0, 0.1) is 0 Å². The third-order valence-electron chi connectivity index (χ3n) is 6.98. The van der Waals surface area contributed by atoms with E-state index in [0.717, 1.165) is 17.5 Å². The molecule has 0 atom stereocenters. The van der Waals surface area contributed by atoms with E-state index in [0.29, 0.717) is 24.7 Å².